The highest BCUT2D eigenvalue weighted by atomic mass is 15.3. The predicted octanol–water partition coefficient (Wildman–Crippen LogP) is 2.89. The number of rotatable bonds is 2. The van der Waals surface area contributed by atoms with Gasteiger partial charge in [0, 0.05) is 37.4 Å². The van der Waals surface area contributed by atoms with Crippen LogP contribution in [0.3, 0.4) is 0 Å². The minimum atomic E-state index is 0.712. The molecule has 108 valence electrons. The number of likely N-dealkylation sites (N-methyl/N-ethyl adjacent to an activating group) is 1. The summed E-state index contributed by atoms with van der Waals surface area (Å²) in [5.74, 6) is 0.814. The Morgan fingerprint density at radius 3 is 2.67 bits per heavy atom. The van der Waals surface area contributed by atoms with Crippen molar-refractivity contribution in [1.82, 2.24) is 9.88 Å². The lowest BCUT2D eigenvalue weighted by Gasteiger charge is -2.33. The lowest BCUT2D eigenvalue weighted by Crippen LogP contribution is -2.41. The Bertz CT molecular complexity index is 623. The van der Waals surface area contributed by atoms with Crippen molar-refractivity contribution >= 4 is 5.69 Å². The number of aromatic nitrogens is 1. The molecule has 0 radical (unpaired) electrons. The number of nitrogens with zero attached hydrogens (tertiary/aromatic N) is 3. The monoisotopic (exact) mass is 279 g/mol. The first kappa shape index (κ1) is 12.8. The van der Waals surface area contributed by atoms with Crippen LogP contribution in [0.25, 0.3) is 11.1 Å². The number of pyridine rings is 1. The van der Waals surface area contributed by atoms with E-state index in [2.05, 4.69) is 58.2 Å². The minimum Gasteiger partial charge on any atom is -0.368 e. The van der Waals surface area contributed by atoms with E-state index >= 15 is 0 Å². The van der Waals surface area contributed by atoms with Crippen LogP contribution in [-0.4, -0.2) is 42.6 Å². The van der Waals surface area contributed by atoms with E-state index < -0.39 is 0 Å². The van der Waals surface area contributed by atoms with Gasteiger partial charge >= 0.3 is 0 Å². The van der Waals surface area contributed by atoms with Gasteiger partial charge in [0.25, 0.3) is 0 Å². The largest absolute Gasteiger partial charge is 0.368 e. The molecule has 2 atom stereocenters. The average Bonchev–Trinajstić information content (AvgIpc) is 2.80. The fourth-order valence-corrected chi connectivity index (χ4v) is 3.78. The van der Waals surface area contributed by atoms with Crippen molar-refractivity contribution < 1.29 is 0 Å². The third kappa shape index (κ3) is 2.42. The van der Waals surface area contributed by atoms with Crippen LogP contribution < -0.4 is 4.90 Å². The summed E-state index contributed by atoms with van der Waals surface area (Å²) in [5, 5.41) is 0. The SMILES string of the molecule is CN1CC2CC1CN(c1cncc(-c3ccccc3)c1)C2. The Hall–Kier alpha value is -1.87. The van der Waals surface area contributed by atoms with Gasteiger partial charge in [0.2, 0.25) is 0 Å². The molecule has 1 aromatic carbocycles. The Labute approximate surface area is 126 Å². The Morgan fingerprint density at radius 1 is 1.00 bits per heavy atom. The van der Waals surface area contributed by atoms with Gasteiger partial charge in [-0.25, -0.2) is 0 Å². The van der Waals surface area contributed by atoms with Crippen LogP contribution in [0.15, 0.2) is 48.8 Å². The van der Waals surface area contributed by atoms with Crippen molar-refractivity contribution in [2.75, 3.05) is 31.6 Å². The van der Waals surface area contributed by atoms with Gasteiger partial charge in [0.1, 0.15) is 0 Å². The molecule has 2 fully saturated rings. The van der Waals surface area contributed by atoms with Crippen molar-refractivity contribution in [3.8, 4) is 11.1 Å². The Morgan fingerprint density at radius 2 is 1.86 bits per heavy atom. The number of benzene rings is 1. The molecule has 2 bridgehead atoms. The van der Waals surface area contributed by atoms with Crippen LogP contribution in [0.4, 0.5) is 5.69 Å². The average molecular weight is 279 g/mol. The Balaban J connectivity index is 1.62. The Kier molecular flexibility index (Phi) is 3.15. The van der Waals surface area contributed by atoms with Crippen LogP contribution in [0.1, 0.15) is 6.42 Å². The predicted molar refractivity (Wildman–Crippen MR) is 86.4 cm³/mol. The van der Waals surface area contributed by atoms with E-state index in [0.29, 0.717) is 6.04 Å². The molecule has 3 heterocycles. The fourth-order valence-electron chi connectivity index (χ4n) is 3.78. The summed E-state index contributed by atoms with van der Waals surface area (Å²) in [6, 6.07) is 13.5. The molecule has 0 aliphatic carbocycles. The number of likely N-dealkylation sites (tertiary alicyclic amines) is 1. The molecule has 2 aliphatic rings. The van der Waals surface area contributed by atoms with Crippen LogP contribution in [0.2, 0.25) is 0 Å². The fraction of sp³-hybridized carbons (Fsp3) is 0.389. The summed E-state index contributed by atoms with van der Waals surface area (Å²) in [5.41, 5.74) is 3.71. The van der Waals surface area contributed by atoms with E-state index in [1.807, 2.05) is 12.4 Å². The van der Waals surface area contributed by atoms with Crippen molar-refractivity contribution in [3.05, 3.63) is 48.8 Å². The summed E-state index contributed by atoms with van der Waals surface area (Å²) in [6.45, 7) is 3.54. The molecule has 2 unspecified atom stereocenters. The van der Waals surface area contributed by atoms with Crippen molar-refractivity contribution in [2.24, 2.45) is 5.92 Å². The molecule has 3 nitrogen and oxygen atoms in total. The number of piperidine rings is 1. The highest BCUT2D eigenvalue weighted by Gasteiger charge is 2.36. The van der Waals surface area contributed by atoms with Gasteiger partial charge in [-0.1, -0.05) is 30.3 Å². The smallest absolute Gasteiger partial charge is 0.0559 e. The summed E-state index contributed by atoms with van der Waals surface area (Å²) in [7, 11) is 2.26. The second-order valence-corrected chi connectivity index (χ2v) is 6.40. The topological polar surface area (TPSA) is 19.4 Å². The maximum Gasteiger partial charge on any atom is 0.0559 e. The zero-order chi connectivity index (χ0) is 14.2. The molecule has 2 aromatic rings. The molecule has 4 rings (SSSR count). The molecule has 0 saturated carbocycles. The van der Waals surface area contributed by atoms with Crippen molar-refractivity contribution in [1.29, 1.82) is 0 Å². The number of hydrogen-bond donors (Lipinski definition) is 0. The number of fused-ring (bicyclic) bond motifs is 2. The van der Waals surface area contributed by atoms with Crippen LogP contribution in [-0.2, 0) is 0 Å². The van der Waals surface area contributed by atoms with Crippen molar-refractivity contribution in [3.63, 3.8) is 0 Å². The minimum absolute atomic E-state index is 0.712. The second kappa shape index (κ2) is 5.15. The maximum absolute atomic E-state index is 4.47. The summed E-state index contributed by atoms with van der Waals surface area (Å²) >= 11 is 0. The summed E-state index contributed by atoms with van der Waals surface area (Å²) < 4.78 is 0. The first-order valence-corrected chi connectivity index (χ1v) is 7.75. The zero-order valence-corrected chi connectivity index (χ0v) is 12.4. The van der Waals surface area contributed by atoms with Gasteiger partial charge in [-0.2, -0.15) is 0 Å². The van der Waals surface area contributed by atoms with Crippen LogP contribution in [0, 0.1) is 5.92 Å². The van der Waals surface area contributed by atoms with E-state index in [4.69, 9.17) is 0 Å². The normalized spacial score (nSPS) is 25.3. The van der Waals surface area contributed by atoms with Crippen molar-refractivity contribution in [2.45, 2.75) is 12.5 Å². The van der Waals surface area contributed by atoms with Gasteiger partial charge in [-0.3, -0.25) is 4.98 Å². The van der Waals surface area contributed by atoms with Crippen LogP contribution >= 0.6 is 0 Å². The molecular weight excluding hydrogens is 258 g/mol. The molecule has 3 heteroatoms. The van der Waals surface area contributed by atoms with E-state index in [1.54, 1.807) is 0 Å². The summed E-state index contributed by atoms with van der Waals surface area (Å²) in [6.07, 6.45) is 5.33. The second-order valence-electron chi connectivity index (χ2n) is 6.40. The lowest BCUT2D eigenvalue weighted by molar-refractivity contribution is 0.317. The highest BCUT2D eigenvalue weighted by molar-refractivity contribution is 5.67. The molecule has 21 heavy (non-hydrogen) atoms. The number of hydrogen-bond acceptors (Lipinski definition) is 3. The van der Waals surface area contributed by atoms with Gasteiger partial charge in [-0.15, -0.1) is 0 Å². The van der Waals surface area contributed by atoms with Gasteiger partial charge in [0.15, 0.2) is 0 Å². The van der Waals surface area contributed by atoms with Crippen LogP contribution in [0.5, 0.6) is 0 Å². The van der Waals surface area contributed by atoms with Gasteiger partial charge < -0.3 is 9.80 Å². The molecule has 0 N–H and O–H groups in total. The molecule has 2 aliphatic heterocycles. The zero-order valence-electron chi connectivity index (χ0n) is 12.4. The highest BCUT2D eigenvalue weighted by Crippen LogP contribution is 2.32. The third-order valence-electron chi connectivity index (χ3n) is 4.88. The van der Waals surface area contributed by atoms with E-state index in [0.717, 1.165) is 12.5 Å². The molecular formula is C18H21N3. The first-order chi connectivity index (χ1) is 10.3. The lowest BCUT2D eigenvalue weighted by atomic mass is 9.99. The molecule has 0 spiro atoms. The van der Waals surface area contributed by atoms with E-state index in [9.17, 15) is 0 Å². The molecule has 0 amide bonds. The first-order valence-electron chi connectivity index (χ1n) is 7.75. The standard InChI is InChI=1S/C18H21N3/c1-20-11-14-7-18(20)13-21(12-14)17-8-16(9-19-10-17)15-5-3-2-4-6-15/h2-6,8-10,14,18H,7,11-13H2,1H3. The van der Waals surface area contributed by atoms with E-state index in [-0.39, 0.29) is 0 Å². The van der Waals surface area contributed by atoms with E-state index in [1.165, 1.54) is 36.3 Å². The maximum atomic E-state index is 4.47. The quantitative estimate of drug-likeness (QED) is 0.842. The third-order valence-corrected chi connectivity index (χ3v) is 4.88. The molecule has 2 saturated heterocycles. The number of anilines is 1. The van der Waals surface area contributed by atoms with Gasteiger partial charge in [-0.05, 0) is 31.0 Å². The van der Waals surface area contributed by atoms with Gasteiger partial charge in [0.05, 0.1) is 11.9 Å². The summed E-state index contributed by atoms with van der Waals surface area (Å²) in [4.78, 5) is 9.50. The molecule has 1 aromatic heterocycles.